The maximum absolute atomic E-state index is 12.5. The van der Waals surface area contributed by atoms with Gasteiger partial charge in [0.2, 0.25) is 0 Å². The number of hydrogen-bond donors (Lipinski definition) is 1. The third kappa shape index (κ3) is 7.81. The maximum Gasteiger partial charge on any atom is 0.410 e. The average molecular weight is 487 g/mol. The molecule has 1 aromatic carbocycles. The van der Waals surface area contributed by atoms with Crippen molar-refractivity contribution in [2.24, 2.45) is 0 Å². The molecule has 0 radical (unpaired) electrons. The number of benzene rings is 1. The molecule has 0 saturated carbocycles. The molecular weight excluding hydrogens is 452 g/mol. The van der Waals surface area contributed by atoms with Crippen molar-refractivity contribution in [3.63, 3.8) is 0 Å². The van der Waals surface area contributed by atoms with E-state index in [9.17, 15) is 14.4 Å². The van der Waals surface area contributed by atoms with Crippen LogP contribution in [0.3, 0.4) is 0 Å². The van der Waals surface area contributed by atoms with E-state index in [2.05, 4.69) is 19.9 Å². The molecule has 0 spiro atoms. The van der Waals surface area contributed by atoms with Crippen molar-refractivity contribution in [1.29, 1.82) is 0 Å². The number of piperazine rings is 1. The van der Waals surface area contributed by atoms with E-state index < -0.39 is 11.6 Å². The van der Waals surface area contributed by atoms with Crippen molar-refractivity contribution in [2.75, 3.05) is 53.0 Å². The Bertz CT molecular complexity index is 1040. The van der Waals surface area contributed by atoms with Crippen LogP contribution in [0.4, 0.5) is 4.79 Å². The normalized spacial score (nSPS) is 14.5. The molecular formula is C25H34N4O6. The molecule has 10 heteroatoms. The Hall–Kier alpha value is -3.40. The smallest absolute Gasteiger partial charge is 0.410 e. The van der Waals surface area contributed by atoms with Crippen LogP contribution in [-0.4, -0.2) is 91.3 Å². The minimum Gasteiger partial charge on any atom is -0.494 e. The van der Waals surface area contributed by atoms with E-state index in [1.165, 1.54) is 7.11 Å². The lowest BCUT2D eigenvalue weighted by molar-refractivity contribution is -0.139. The zero-order chi connectivity index (χ0) is 25.4. The van der Waals surface area contributed by atoms with E-state index in [1.54, 1.807) is 29.3 Å². The second kappa shape index (κ2) is 11.8. The van der Waals surface area contributed by atoms with Gasteiger partial charge in [0.15, 0.2) is 0 Å². The Morgan fingerprint density at radius 2 is 1.83 bits per heavy atom. The fraction of sp³-hybridized carbons (Fsp3) is 0.520. The maximum atomic E-state index is 12.5. The fourth-order valence-electron chi connectivity index (χ4n) is 3.69. The lowest BCUT2D eigenvalue weighted by Gasteiger charge is -2.35. The number of amides is 2. The van der Waals surface area contributed by atoms with Gasteiger partial charge >= 0.3 is 12.1 Å². The van der Waals surface area contributed by atoms with Gasteiger partial charge in [0.25, 0.3) is 5.91 Å². The third-order valence-corrected chi connectivity index (χ3v) is 5.49. The molecule has 0 unspecified atom stereocenters. The topological polar surface area (TPSA) is 110 Å². The van der Waals surface area contributed by atoms with Gasteiger partial charge in [0.05, 0.1) is 24.8 Å². The number of carbonyl (C=O) groups is 3. The second-order valence-corrected chi connectivity index (χ2v) is 9.31. The highest BCUT2D eigenvalue weighted by Crippen LogP contribution is 2.23. The Morgan fingerprint density at radius 1 is 1.09 bits per heavy atom. The van der Waals surface area contributed by atoms with Crippen LogP contribution in [0.1, 0.15) is 37.6 Å². The molecule has 1 saturated heterocycles. The number of hydrogen-bond acceptors (Lipinski definition) is 8. The number of methoxy groups -OCH3 is 1. The van der Waals surface area contributed by atoms with Crippen molar-refractivity contribution in [3.8, 4) is 5.75 Å². The van der Waals surface area contributed by atoms with E-state index in [-0.39, 0.29) is 18.5 Å². The second-order valence-electron chi connectivity index (χ2n) is 9.31. The summed E-state index contributed by atoms with van der Waals surface area (Å²) in [5, 5.41) is 3.20. The van der Waals surface area contributed by atoms with Crippen LogP contribution in [0.25, 0.3) is 10.9 Å². The molecule has 0 bridgehead atoms. The van der Waals surface area contributed by atoms with Crippen LogP contribution < -0.4 is 10.1 Å². The van der Waals surface area contributed by atoms with Gasteiger partial charge in [-0.3, -0.25) is 19.5 Å². The van der Waals surface area contributed by atoms with Crippen molar-refractivity contribution in [1.82, 2.24) is 20.1 Å². The Morgan fingerprint density at radius 3 is 2.51 bits per heavy atom. The highest BCUT2D eigenvalue weighted by atomic mass is 16.6. The summed E-state index contributed by atoms with van der Waals surface area (Å²) in [5.41, 5.74) is 0.580. The highest BCUT2D eigenvalue weighted by molar-refractivity contribution is 6.07. The van der Waals surface area contributed by atoms with Crippen LogP contribution in [0.5, 0.6) is 5.75 Å². The van der Waals surface area contributed by atoms with Crippen LogP contribution in [0.2, 0.25) is 0 Å². The monoisotopic (exact) mass is 486 g/mol. The van der Waals surface area contributed by atoms with Crippen molar-refractivity contribution >= 4 is 28.9 Å². The van der Waals surface area contributed by atoms with Gasteiger partial charge in [-0.25, -0.2) is 4.79 Å². The SMILES string of the molecule is COC(=O)CNC(=O)c1ccnc2ccc(OCCCN3CCN(C(=O)OC(C)(C)C)CC3)cc12. The molecule has 190 valence electrons. The van der Waals surface area contributed by atoms with Crippen molar-refractivity contribution < 1.29 is 28.6 Å². The molecule has 0 aliphatic carbocycles. The van der Waals surface area contributed by atoms with Gasteiger partial charge < -0.3 is 24.4 Å². The van der Waals surface area contributed by atoms with Gasteiger partial charge in [0, 0.05) is 44.3 Å². The third-order valence-electron chi connectivity index (χ3n) is 5.49. The van der Waals surface area contributed by atoms with Crippen LogP contribution >= 0.6 is 0 Å². The van der Waals surface area contributed by atoms with Gasteiger partial charge in [-0.05, 0) is 51.5 Å². The Labute approximate surface area is 205 Å². The van der Waals surface area contributed by atoms with Gasteiger partial charge in [-0.1, -0.05) is 0 Å². The van der Waals surface area contributed by atoms with Crippen molar-refractivity contribution in [3.05, 3.63) is 36.0 Å². The van der Waals surface area contributed by atoms with Gasteiger partial charge in [-0.2, -0.15) is 0 Å². The Balaban J connectivity index is 1.47. The molecule has 10 nitrogen and oxygen atoms in total. The van der Waals surface area contributed by atoms with E-state index in [0.717, 1.165) is 26.1 Å². The standard InChI is InChI=1S/C25H34N4O6/c1-25(2,3)35-24(32)29-13-11-28(12-14-29)10-5-15-34-18-6-7-21-20(16-18)19(8-9-26-21)23(31)27-17-22(30)33-4/h6-9,16H,5,10-15,17H2,1-4H3,(H,27,31). The van der Waals surface area contributed by atoms with E-state index in [0.29, 0.717) is 41.9 Å². The van der Waals surface area contributed by atoms with Gasteiger partial charge in [-0.15, -0.1) is 0 Å². The molecule has 2 heterocycles. The summed E-state index contributed by atoms with van der Waals surface area (Å²) in [6, 6.07) is 7.02. The zero-order valence-corrected chi connectivity index (χ0v) is 20.8. The summed E-state index contributed by atoms with van der Waals surface area (Å²) in [5.74, 6) is -0.264. The molecule has 1 N–H and O–H groups in total. The number of ether oxygens (including phenoxy) is 3. The number of nitrogens with zero attached hydrogens (tertiary/aromatic N) is 3. The number of pyridine rings is 1. The van der Waals surface area contributed by atoms with Crippen LogP contribution in [0.15, 0.2) is 30.5 Å². The minimum atomic E-state index is -0.521. The first-order chi connectivity index (χ1) is 16.7. The predicted molar refractivity (Wildman–Crippen MR) is 130 cm³/mol. The molecule has 1 aliphatic rings. The molecule has 3 rings (SSSR count). The number of nitrogens with one attached hydrogen (secondary N) is 1. The van der Waals surface area contributed by atoms with Crippen LogP contribution in [0, 0.1) is 0 Å². The largest absolute Gasteiger partial charge is 0.494 e. The lowest BCUT2D eigenvalue weighted by atomic mass is 10.1. The van der Waals surface area contributed by atoms with E-state index >= 15 is 0 Å². The summed E-state index contributed by atoms with van der Waals surface area (Å²) in [7, 11) is 1.27. The summed E-state index contributed by atoms with van der Waals surface area (Å²) >= 11 is 0. The van der Waals surface area contributed by atoms with E-state index in [1.807, 2.05) is 26.8 Å². The molecule has 35 heavy (non-hydrogen) atoms. The molecule has 1 fully saturated rings. The summed E-state index contributed by atoms with van der Waals surface area (Å²) in [6.45, 7) is 9.66. The fourth-order valence-corrected chi connectivity index (χ4v) is 3.69. The molecule has 2 amide bonds. The summed E-state index contributed by atoms with van der Waals surface area (Å²) in [4.78, 5) is 44.4. The number of esters is 1. The first-order valence-corrected chi connectivity index (χ1v) is 11.7. The first-order valence-electron chi connectivity index (χ1n) is 11.7. The van der Waals surface area contributed by atoms with E-state index in [4.69, 9.17) is 9.47 Å². The zero-order valence-electron chi connectivity index (χ0n) is 20.8. The first kappa shape index (κ1) is 26.2. The summed E-state index contributed by atoms with van der Waals surface area (Å²) in [6.07, 6.45) is 2.12. The molecule has 1 aromatic heterocycles. The highest BCUT2D eigenvalue weighted by Gasteiger charge is 2.25. The quantitative estimate of drug-likeness (QED) is 0.448. The predicted octanol–water partition coefficient (Wildman–Crippen LogP) is 2.46. The molecule has 0 atom stereocenters. The minimum absolute atomic E-state index is 0.207. The number of rotatable bonds is 8. The Kier molecular flexibility index (Phi) is 8.86. The number of aromatic nitrogens is 1. The molecule has 1 aliphatic heterocycles. The number of fused-ring (bicyclic) bond motifs is 1. The van der Waals surface area contributed by atoms with Crippen LogP contribution in [-0.2, 0) is 14.3 Å². The number of carbonyl (C=O) groups excluding carboxylic acids is 3. The van der Waals surface area contributed by atoms with Gasteiger partial charge in [0.1, 0.15) is 17.9 Å². The van der Waals surface area contributed by atoms with Crippen molar-refractivity contribution in [2.45, 2.75) is 32.8 Å². The lowest BCUT2D eigenvalue weighted by Crippen LogP contribution is -2.50. The average Bonchev–Trinajstić information content (AvgIpc) is 2.83. The summed E-state index contributed by atoms with van der Waals surface area (Å²) < 4.78 is 15.9. The molecule has 2 aromatic rings.